The molecule has 1 aromatic rings. The quantitative estimate of drug-likeness (QED) is 0.455. The van der Waals surface area contributed by atoms with Gasteiger partial charge in [0.2, 0.25) is 0 Å². The van der Waals surface area contributed by atoms with E-state index in [-0.39, 0.29) is 23.2 Å². The van der Waals surface area contributed by atoms with Crippen molar-refractivity contribution in [3.8, 4) is 11.5 Å². The first-order chi connectivity index (χ1) is 11.1. The van der Waals surface area contributed by atoms with Crippen LogP contribution < -0.4 is 10.1 Å². The molecule has 0 spiro atoms. The topological polar surface area (TPSA) is 87.9 Å². The molecule has 7 heteroatoms. The molecule has 0 saturated carbocycles. The highest BCUT2D eigenvalue weighted by Crippen LogP contribution is 2.41. The number of non-ortho nitro benzene ring substituents is 1. The summed E-state index contributed by atoms with van der Waals surface area (Å²) >= 11 is 0. The second-order valence-electron chi connectivity index (χ2n) is 5.51. The minimum Gasteiger partial charge on any atom is -0.504 e. The summed E-state index contributed by atoms with van der Waals surface area (Å²) in [5.41, 5.74) is 0.466. The molecular weight excluding hydrogens is 298 g/mol. The van der Waals surface area contributed by atoms with Crippen molar-refractivity contribution in [3.05, 3.63) is 40.5 Å². The minimum atomic E-state index is -0.465. The lowest BCUT2D eigenvalue weighted by atomic mass is 9.97. The average molecular weight is 321 g/mol. The number of benzene rings is 1. The fourth-order valence-electron chi connectivity index (χ4n) is 2.93. The van der Waals surface area contributed by atoms with Gasteiger partial charge in [-0.3, -0.25) is 15.0 Å². The van der Waals surface area contributed by atoms with Crippen molar-refractivity contribution >= 4 is 5.69 Å². The van der Waals surface area contributed by atoms with E-state index in [1.54, 1.807) is 0 Å². The van der Waals surface area contributed by atoms with E-state index in [2.05, 4.69) is 16.8 Å². The van der Waals surface area contributed by atoms with E-state index in [0.29, 0.717) is 5.56 Å². The van der Waals surface area contributed by atoms with Gasteiger partial charge < -0.3 is 15.2 Å². The highest BCUT2D eigenvalue weighted by Gasteiger charge is 2.28. The Bertz CT molecular complexity index is 571. The van der Waals surface area contributed by atoms with Gasteiger partial charge >= 0.3 is 0 Å². The summed E-state index contributed by atoms with van der Waals surface area (Å²) in [6, 6.07) is 2.60. The standard InChI is InChI=1S/C16H23N3O4/c1-3-4-5-14(18-8-6-17-7-9-18)13-10-12(19(21)22)11-15(23-2)16(13)20/h3,10-11,14,17,20H,1,4-9H2,2H3/t14-/m0/s1. The van der Waals surface area contributed by atoms with Crippen LogP contribution in [-0.4, -0.2) is 48.2 Å². The third-order valence-electron chi connectivity index (χ3n) is 4.12. The molecule has 1 atom stereocenters. The van der Waals surface area contributed by atoms with Gasteiger partial charge in [0.05, 0.1) is 18.1 Å². The van der Waals surface area contributed by atoms with Gasteiger partial charge in [-0.15, -0.1) is 6.58 Å². The lowest BCUT2D eigenvalue weighted by Gasteiger charge is -2.35. The summed E-state index contributed by atoms with van der Waals surface area (Å²) in [6.45, 7) is 7.12. The molecule has 1 aliphatic rings. The first-order valence-corrected chi connectivity index (χ1v) is 7.69. The number of allylic oxidation sites excluding steroid dienone is 1. The molecule has 1 saturated heterocycles. The van der Waals surface area contributed by atoms with Crippen LogP contribution in [0.5, 0.6) is 11.5 Å². The van der Waals surface area contributed by atoms with E-state index in [4.69, 9.17) is 4.74 Å². The van der Waals surface area contributed by atoms with Gasteiger partial charge in [0.25, 0.3) is 5.69 Å². The molecule has 23 heavy (non-hydrogen) atoms. The molecule has 0 aromatic heterocycles. The van der Waals surface area contributed by atoms with E-state index >= 15 is 0 Å². The molecule has 0 bridgehead atoms. The Morgan fingerprint density at radius 1 is 1.52 bits per heavy atom. The van der Waals surface area contributed by atoms with E-state index < -0.39 is 4.92 Å². The lowest BCUT2D eigenvalue weighted by Crippen LogP contribution is -2.45. The van der Waals surface area contributed by atoms with E-state index in [1.807, 2.05) is 6.08 Å². The Kier molecular flexibility index (Phi) is 5.95. The largest absolute Gasteiger partial charge is 0.504 e. The van der Waals surface area contributed by atoms with Gasteiger partial charge in [-0.1, -0.05) is 6.08 Å². The molecule has 1 aliphatic heterocycles. The molecule has 1 fully saturated rings. The zero-order chi connectivity index (χ0) is 16.8. The number of nitro groups is 1. The van der Waals surface area contributed by atoms with Gasteiger partial charge in [0, 0.05) is 43.9 Å². The fourth-order valence-corrected chi connectivity index (χ4v) is 2.93. The summed E-state index contributed by atoms with van der Waals surface area (Å²) < 4.78 is 5.11. The lowest BCUT2D eigenvalue weighted by molar-refractivity contribution is -0.385. The minimum absolute atomic E-state index is 0.0225. The number of ether oxygens (including phenoxy) is 1. The van der Waals surface area contributed by atoms with E-state index in [1.165, 1.54) is 19.2 Å². The Hall–Kier alpha value is -2.12. The molecule has 2 rings (SSSR count). The maximum Gasteiger partial charge on any atom is 0.273 e. The summed E-state index contributed by atoms with van der Waals surface area (Å²) in [7, 11) is 1.39. The number of rotatable bonds is 7. The van der Waals surface area contributed by atoms with Crippen LogP contribution in [0.3, 0.4) is 0 Å². The van der Waals surface area contributed by atoms with Crippen LogP contribution in [0.4, 0.5) is 5.69 Å². The number of piperazine rings is 1. The van der Waals surface area contributed by atoms with Crippen LogP contribution in [0.1, 0.15) is 24.4 Å². The SMILES string of the molecule is C=CCC[C@@H](c1cc([N+](=O)[O-])cc(OC)c1O)N1CCNCC1. The van der Waals surface area contributed by atoms with Crippen LogP contribution >= 0.6 is 0 Å². The third-order valence-corrected chi connectivity index (χ3v) is 4.12. The van der Waals surface area contributed by atoms with Crippen LogP contribution in [0, 0.1) is 10.1 Å². The number of hydrogen-bond acceptors (Lipinski definition) is 6. The van der Waals surface area contributed by atoms with Crippen molar-refractivity contribution in [3.63, 3.8) is 0 Å². The molecule has 1 heterocycles. The first kappa shape index (κ1) is 17.2. The number of phenols is 1. The van der Waals surface area contributed by atoms with Crippen molar-refractivity contribution in [2.75, 3.05) is 33.3 Å². The number of phenolic OH excluding ortho intramolecular Hbond substituents is 1. The van der Waals surface area contributed by atoms with Gasteiger partial charge in [0.15, 0.2) is 11.5 Å². The molecule has 0 aliphatic carbocycles. The van der Waals surface area contributed by atoms with Crippen LogP contribution in [0.15, 0.2) is 24.8 Å². The fraction of sp³-hybridized carbons (Fsp3) is 0.500. The summed E-state index contributed by atoms with van der Waals surface area (Å²) in [6.07, 6.45) is 3.32. The monoisotopic (exact) mass is 321 g/mol. The Balaban J connectivity index is 2.44. The highest BCUT2D eigenvalue weighted by atomic mass is 16.6. The second-order valence-corrected chi connectivity index (χ2v) is 5.51. The number of nitro benzene ring substituents is 1. The third kappa shape index (κ3) is 4.00. The van der Waals surface area contributed by atoms with Crippen molar-refractivity contribution in [2.45, 2.75) is 18.9 Å². The molecule has 126 valence electrons. The number of aromatic hydroxyl groups is 1. The Morgan fingerprint density at radius 2 is 2.22 bits per heavy atom. The van der Waals surface area contributed by atoms with Gasteiger partial charge in [-0.05, 0) is 12.8 Å². The highest BCUT2D eigenvalue weighted by molar-refractivity contribution is 5.54. The molecule has 0 radical (unpaired) electrons. The van der Waals surface area contributed by atoms with Crippen molar-refractivity contribution in [1.82, 2.24) is 10.2 Å². The summed E-state index contributed by atoms with van der Waals surface area (Å²) in [5, 5.41) is 24.9. The smallest absolute Gasteiger partial charge is 0.273 e. The summed E-state index contributed by atoms with van der Waals surface area (Å²) in [4.78, 5) is 12.9. The second kappa shape index (κ2) is 7.94. The van der Waals surface area contributed by atoms with Crippen molar-refractivity contribution in [1.29, 1.82) is 0 Å². The van der Waals surface area contributed by atoms with Crippen LogP contribution in [0.2, 0.25) is 0 Å². The predicted octanol–water partition coefficient (Wildman–Crippen LogP) is 2.22. The van der Waals surface area contributed by atoms with Gasteiger partial charge in [0.1, 0.15) is 0 Å². The van der Waals surface area contributed by atoms with Crippen molar-refractivity contribution in [2.24, 2.45) is 0 Å². The van der Waals surface area contributed by atoms with E-state index in [0.717, 1.165) is 39.0 Å². The number of hydrogen-bond donors (Lipinski definition) is 2. The number of nitrogens with one attached hydrogen (secondary N) is 1. The predicted molar refractivity (Wildman–Crippen MR) is 87.9 cm³/mol. The van der Waals surface area contributed by atoms with E-state index in [9.17, 15) is 15.2 Å². The zero-order valence-electron chi connectivity index (χ0n) is 13.3. The van der Waals surface area contributed by atoms with Gasteiger partial charge in [-0.25, -0.2) is 0 Å². The molecule has 0 unspecified atom stereocenters. The first-order valence-electron chi connectivity index (χ1n) is 7.69. The normalized spacial score (nSPS) is 16.7. The maximum absolute atomic E-state index is 11.2. The molecule has 7 nitrogen and oxygen atoms in total. The molecular formula is C16H23N3O4. The zero-order valence-corrected chi connectivity index (χ0v) is 13.3. The maximum atomic E-state index is 11.2. The molecule has 2 N–H and O–H groups in total. The number of methoxy groups -OCH3 is 1. The van der Waals surface area contributed by atoms with Gasteiger partial charge in [-0.2, -0.15) is 0 Å². The van der Waals surface area contributed by atoms with Crippen LogP contribution in [-0.2, 0) is 0 Å². The Morgan fingerprint density at radius 3 is 2.78 bits per heavy atom. The molecule has 1 aromatic carbocycles. The summed E-state index contributed by atoms with van der Waals surface area (Å²) in [5.74, 6) is 0.110. The Labute approximate surface area is 135 Å². The van der Waals surface area contributed by atoms with Crippen molar-refractivity contribution < 1.29 is 14.8 Å². The number of nitrogens with zero attached hydrogens (tertiary/aromatic N) is 2. The average Bonchev–Trinajstić information content (AvgIpc) is 2.57. The van der Waals surface area contributed by atoms with Crippen LogP contribution in [0.25, 0.3) is 0 Å². The molecule has 0 amide bonds.